The fourth-order valence-electron chi connectivity index (χ4n) is 4.91. The van der Waals surface area contributed by atoms with Gasteiger partial charge in [-0.15, -0.1) is 5.10 Å². The maximum absolute atomic E-state index is 13.7. The van der Waals surface area contributed by atoms with Gasteiger partial charge in [0.05, 0.1) is 29.5 Å². The molecule has 5 aromatic rings. The van der Waals surface area contributed by atoms with E-state index >= 15 is 0 Å². The molecule has 8 nitrogen and oxygen atoms in total. The van der Waals surface area contributed by atoms with Crippen LogP contribution < -0.4 is 4.74 Å². The Morgan fingerprint density at radius 1 is 1.05 bits per heavy atom. The molecule has 4 aromatic heterocycles. The van der Waals surface area contributed by atoms with Crippen LogP contribution in [0, 0.1) is 13.8 Å². The van der Waals surface area contributed by atoms with Gasteiger partial charge in [-0.2, -0.15) is 8.78 Å². The van der Waals surface area contributed by atoms with Crippen LogP contribution in [0.2, 0.25) is 5.02 Å². The number of rotatable bonds is 7. The Hall–Kier alpha value is -4.02. The summed E-state index contributed by atoms with van der Waals surface area (Å²) in [5.74, 6) is -2.74. The molecular weight excluding hydrogens is 538 g/mol. The van der Waals surface area contributed by atoms with Crippen molar-refractivity contribution in [2.24, 2.45) is 7.05 Å². The second kappa shape index (κ2) is 10.2. The maximum atomic E-state index is 13.7. The predicted octanol–water partition coefficient (Wildman–Crippen LogP) is 5.42. The van der Waals surface area contributed by atoms with E-state index in [0.717, 1.165) is 12.6 Å². The molecular formula is C29H27ClF2N6O2. The molecule has 0 fully saturated rings. The first kappa shape index (κ1) is 27.5. The van der Waals surface area contributed by atoms with Crippen molar-refractivity contribution in [3.8, 4) is 5.88 Å². The summed E-state index contributed by atoms with van der Waals surface area (Å²) in [6, 6.07) is 11.9. The van der Waals surface area contributed by atoms with Crippen molar-refractivity contribution >= 4 is 22.5 Å². The van der Waals surface area contributed by atoms with Gasteiger partial charge in [0.2, 0.25) is 5.88 Å². The third kappa shape index (κ3) is 4.77. The van der Waals surface area contributed by atoms with Gasteiger partial charge in [0, 0.05) is 54.5 Å². The van der Waals surface area contributed by atoms with E-state index in [1.807, 2.05) is 26.0 Å². The maximum Gasteiger partial charge on any atom is 0.286 e. The number of aryl methyl sites for hydroxylation is 3. The van der Waals surface area contributed by atoms with E-state index in [-0.39, 0.29) is 12.1 Å². The first-order chi connectivity index (χ1) is 18.9. The first-order valence-electron chi connectivity index (χ1n) is 12.5. The van der Waals surface area contributed by atoms with Crippen LogP contribution in [0.1, 0.15) is 52.0 Å². The number of methoxy groups -OCH3 is 1. The van der Waals surface area contributed by atoms with Crippen LogP contribution in [0.4, 0.5) is 8.78 Å². The average molecular weight is 565 g/mol. The highest BCUT2D eigenvalue weighted by Crippen LogP contribution is 2.41. The van der Waals surface area contributed by atoms with Crippen LogP contribution in [0.5, 0.6) is 5.88 Å². The second-order valence-electron chi connectivity index (χ2n) is 9.80. The minimum absolute atomic E-state index is 0.245. The molecule has 0 saturated carbocycles. The molecule has 0 aliphatic carbocycles. The molecule has 11 heteroatoms. The summed E-state index contributed by atoms with van der Waals surface area (Å²) in [5.41, 5.74) is 2.78. The van der Waals surface area contributed by atoms with E-state index < -0.39 is 11.5 Å². The number of halogens is 3. The van der Waals surface area contributed by atoms with Crippen LogP contribution >= 0.6 is 11.6 Å². The molecule has 1 unspecified atom stereocenters. The van der Waals surface area contributed by atoms with Gasteiger partial charge >= 0.3 is 0 Å². The van der Waals surface area contributed by atoms with Gasteiger partial charge < -0.3 is 9.84 Å². The molecule has 0 spiro atoms. The third-order valence-corrected chi connectivity index (χ3v) is 7.38. The number of hydrogen-bond donors (Lipinski definition) is 1. The van der Waals surface area contributed by atoms with E-state index in [1.54, 1.807) is 31.3 Å². The summed E-state index contributed by atoms with van der Waals surface area (Å²) in [6.07, 6.45) is 3.15. The summed E-state index contributed by atoms with van der Waals surface area (Å²) < 4.78 is 34.4. The monoisotopic (exact) mass is 564 g/mol. The Morgan fingerprint density at radius 3 is 2.42 bits per heavy atom. The first-order valence-corrected chi connectivity index (χ1v) is 12.8. The van der Waals surface area contributed by atoms with Crippen LogP contribution in [-0.2, 0) is 25.0 Å². The van der Waals surface area contributed by atoms with Crippen LogP contribution in [0.25, 0.3) is 10.9 Å². The zero-order valence-corrected chi connectivity index (χ0v) is 23.3. The Labute approximate surface area is 234 Å². The second-order valence-corrected chi connectivity index (χ2v) is 10.2. The number of nitrogens with zero attached hydrogens (tertiary/aromatic N) is 6. The van der Waals surface area contributed by atoms with Crippen molar-refractivity contribution in [1.29, 1.82) is 0 Å². The number of hydrogen-bond acceptors (Lipinski definition) is 7. The average Bonchev–Trinajstić information content (AvgIpc) is 3.35. The van der Waals surface area contributed by atoms with Gasteiger partial charge in [-0.3, -0.25) is 9.97 Å². The molecule has 1 N–H and O–H groups in total. The highest BCUT2D eigenvalue weighted by atomic mass is 35.5. The van der Waals surface area contributed by atoms with Crippen molar-refractivity contribution < 1.29 is 18.6 Å². The quantitative estimate of drug-likeness (QED) is 0.282. The molecule has 0 radical (unpaired) electrons. The molecule has 0 aliphatic heterocycles. The van der Waals surface area contributed by atoms with E-state index in [1.165, 1.54) is 30.3 Å². The van der Waals surface area contributed by atoms with E-state index in [4.69, 9.17) is 16.3 Å². The lowest BCUT2D eigenvalue weighted by Crippen LogP contribution is -2.32. The lowest BCUT2D eigenvalue weighted by molar-refractivity contribution is 0.0127. The lowest BCUT2D eigenvalue weighted by atomic mass is 9.82. The summed E-state index contributed by atoms with van der Waals surface area (Å²) >= 11 is 6.97. The smallest absolute Gasteiger partial charge is 0.286 e. The van der Waals surface area contributed by atoms with Crippen LogP contribution in [0.15, 0.2) is 54.9 Å². The molecule has 1 atom stereocenters. The Balaban J connectivity index is 1.68. The highest BCUT2D eigenvalue weighted by Gasteiger charge is 2.39. The largest absolute Gasteiger partial charge is 0.481 e. The minimum Gasteiger partial charge on any atom is -0.481 e. The van der Waals surface area contributed by atoms with Crippen molar-refractivity contribution in [2.45, 2.75) is 38.7 Å². The normalized spacial score (nSPS) is 13.4. The number of fused-ring (bicyclic) bond motifs is 1. The summed E-state index contributed by atoms with van der Waals surface area (Å²) in [7, 11) is 3.19. The number of pyridine rings is 3. The van der Waals surface area contributed by atoms with Crippen molar-refractivity contribution in [3.05, 3.63) is 105 Å². The third-order valence-electron chi connectivity index (χ3n) is 6.94. The predicted molar refractivity (Wildman–Crippen MR) is 147 cm³/mol. The van der Waals surface area contributed by atoms with E-state index in [9.17, 15) is 13.9 Å². The molecule has 0 saturated heterocycles. The molecule has 0 aliphatic rings. The van der Waals surface area contributed by atoms with Gasteiger partial charge in [-0.05, 0) is 49.2 Å². The van der Waals surface area contributed by atoms with E-state index in [2.05, 4.69) is 25.3 Å². The molecule has 4 heterocycles. The molecule has 40 heavy (non-hydrogen) atoms. The number of benzene rings is 1. The van der Waals surface area contributed by atoms with Crippen molar-refractivity contribution in [1.82, 2.24) is 29.9 Å². The van der Waals surface area contributed by atoms with Gasteiger partial charge in [0.25, 0.3) is 5.92 Å². The zero-order valence-electron chi connectivity index (χ0n) is 22.6. The van der Waals surface area contributed by atoms with Crippen LogP contribution in [-0.4, -0.2) is 42.2 Å². The van der Waals surface area contributed by atoms with E-state index in [0.29, 0.717) is 55.4 Å². The Bertz CT molecular complexity index is 1720. The number of aliphatic hydroxyl groups is 1. The van der Waals surface area contributed by atoms with Gasteiger partial charge in [0.1, 0.15) is 5.69 Å². The summed E-state index contributed by atoms with van der Waals surface area (Å²) in [4.78, 5) is 13.1. The Kier molecular flexibility index (Phi) is 7.01. The fourth-order valence-corrected chi connectivity index (χ4v) is 5.21. The molecule has 1 aromatic carbocycles. The zero-order chi connectivity index (χ0) is 28.8. The molecule has 0 bridgehead atoms. The number of ether oxygens (including phenoxy) is 1. The van der Waals surface area contributed by atoms with Crippen LogP contribution in [0.3, 0.4) is 0 Å². The van der Waals surface area contributed by atoms with Crippen molar-refractivity contribution in [2.75, 3.05) is 7.11 Å². The SMILES string of the molecule is COc1nc2ccc(C(O)(c3ccc(C)nc3C)c3cnnn3C)cc2c(Cl)c1Cc1ccc(C(C)(F)F)nc1. The molecule has 0 amide bonds. The van der Waals surface area contributed by atoms with Gasteiger partial charge in [-0.25, -0.2) is 9.67 Å². The summed E-state index contributed by atoms with van der Waals surface area (Å²) in [6.45, 7) is 4.52. The minimum atomic E-state index is -3.04. The highest BCUT2D eigenvalue weighted by molar-refractivity contribution is 6.36. The van der Waals surface area contributed by atoms with Gasteiger partial charge in [-0.1, -0.05) is 35.0 Å². The lowest BCUT2D eigenvalue weighted by Gasteiger charge is -2.30. The van der Waals surface area contributed by atoms with Crippen molar-refractivity contribution in [3.63, 3.8) is 0 Å². The number of aromatic nitrogens is 6. The number of alkyl halides is 2. The van der Waals surface area contributed by atoms with Gasteiger partial charge in [0.15, 0.2) is 5.60 Å². The topological polar surface area (TPSA) is 98.8 Å². The fraction of sp³-hybridized carbons (Fsp3) is 0.276. The molecule has 5 rings (SSSR count). The molecule has 206 valence electrons. The Morgan fingerprint density at radius 2 is 1.82 bits per heavy atom. The summed E-state index contributed by atoms with van der Waals surface area (Å²) in [5, 5.41) is 21.4. The standard InChI is InChI=1S/C29H27ClF2N6O2/c1-16-6-9-22(17(2)35-16)29(39,25-15-34-37-38(25)4)19-8-10-23-20(13-19)26(30)21(27(36-23)40-5)12-18-7-11-24(33-14-18)28(3,31)32/h6-11,13-15,39H,12H2,1-5H3.